The lowest BCUT2D eigenvalue weighted by Gasteiger charge is -2.18. The number of rotatable bonds is 18. The lowest BCUT2D eigenvalue weighted by Crippen LogP contribution is -2.18. The largest absolute Gasteiger partial charge is 0.496 e. The molecule has 0 aromatic heterocycles. The molecule has 8 heteroatoms. The zero-order valence-corrected chi connectivity index (χ0v) is 28.6. The van der Waals surface area contributed by atoms with Crippen molar-refractivity contribution in [3.8, 4) is 39.9 Å². The number of aryl methyl sites for hydroxylation is 1. The second-order valence-electron chi connectivity index (χ2n) is 11.6. The van der Waals surface area contributed by atoms with E-state index < -0.39 is 0 Å². The highest BCUT2D eigenvalue weighted by molar-refractivity contribution is 5.72. The van der Waals surface area contributed by atoms with E-state index in [0.29, 0.717) is 32.1 Å². The summed E-state index contributed by atoms with van der Waals surface area (Å²) in [5.74, 6) is 3.62. The number of ether oxygens (including phenoxy) is 5. The molecule has 4 aromatic carbocycles. The van der Waals surface area contributed by atoms with E-state index in [2.05, 4.69) is 55.6 Å². The first-order chi connectivity index (χ1) is 22.8. The second kappa shape index (κ2) is 17.6. The van der Waals surface area contributed by atoms with Crippen LogP contribution in [-0.4, -0.2) is 51.3 Å². The van der Waals surface area contributed by atoms with Gasteiger partial charge in [-0.1, -0.05) is 36.4 Å². The highest BCUT2D eigenvalue weighted by Crippen LogP contribution is 2.37. The minimum absolute atomic E-state index is 0.0893. The fraction of sp³-hybridized carbons (Fsp3) is 0.385. The average Bonchev–Trinajstić information content (AvgIpc) is 3.08. The first-order valence-electron chi connectivity index (χ1n) is 16.1. The maximum absolute atomic E-state index is 9.19. The number of benzene rings is 4. The van der Waals surface area contributed by atoms with Crippen LogP contribution in [0, 0.1) is 20.8 Å². The van der Waals surface area contributed by atoms with Crippen molar-refractivity contribution in [1.29, 1.82) is 0 Å². The van der Waals surface area contributed by atoms with Crippen LogP contribution in [0.1, 0.15) is 51.8 Å². The molecule has 0 aliphatic rings. The van der Waals surface area contributed by atoms with Gasteiger partial charge in [0, 0.05) is 49.0 Å². The van der Waals surface area contributed by atoms with Gasteiger partial charge in [-0.3, -0.25) is 0 Å². The van der Waals surface area contributed by atoms with Gasteiger partial charge in [0.25, 0.3) is 0 Å². The van der Waals surface area contributed by atoms with E-state index in [1.54, 1.807) is 21.3 Å². The molecule has 0 spiro atoms. The van der Waals surface area contributed by atoms with Gasteiger partial charge in [0.05, 0.1) is 27.9 Å². The number of methoxy groups -OCH3 is 3. The van der Waals surface area contributed by atoms with Crippen molar-refractivity contribution in [2.24, 2.45) is 0 Å². The monoisotopic (exact) mass is 643 g/mol. The van der Waals surface area contributed by atoms with E-state index in [4.69, 9.17) is 28.8 Å². The molecule has 252 valence electrons. The molecule has 0 saturated heterocycles. The molecule has 0 fully saturated rings. The first kappa shape index (κ1) is 35.6. The number of unbranched alkanes of at least 4 members (excludes halogenated alkanes) is 1. The molecule has 0 aliphatic heterocycles. The highest BCUT2D eigenvalue weighted by atomic mass is 16.5. The van der Waals surface area contributed by atoms with Gasteiger partial charge in [-0.2, -0.15) is 0 Å². The summed E-state index contributed by atoms with van der Waals surface area (Å²) in [5.41, 5.74) is 9.90. The minimum atomic E-state index is 0.0893. The molecule has 0 saturated carbocycles. The molecule has 4 aromatic rings. The van der Waals surface area contributed by atoms with Crippen LogP contribution in [0.3, 0.4) is 0 Å². The van der Waals surface area contributed by atoms with E-state index in [-0.39, 0.29) is 13.2 Å². The zero-order chi connectivity index (χ0) is 33.8. The quantitative estimate of drug-likeness (QED) is 0.101. The van der Waals surface area contributed by atoms with Crippen LogP contribution in [0.25, 0.3) is 11.1 Å². The maximum Gasteiger partial charge on any atom is 0.129 e. The average molecular weight is 644 g/mol. The standard InChI is InChI=1S/C39H49NO7/c1-26-19-31(20-39(45-6)36(26)23-40-16-18-42)46-24-29-11-9-14-33(27(29)2)34-15-10-12-30(28(34)3)25-47-32-21-37(43-4)35(13-7-8-17-41)38(22-32)44-5/h9-12,14-15,19-22,40-42H,7-8,13,16-18,23-25H2,1-6H3. The molecule has 3 N–H and O–H groups in total. The fourth-order valence-electron chi connectivity index (χ4n) is 5.83. The van der Waals surface area contributed by atoms with E-state index in [1.165, 1.54) is 0 Å². The van der Waals surface area contributed by atoms with Gasteiger partial charge in [-0.05, 0) is 85.0 Å². The van der Waals surface area contributed by atoms with Crippen molar-refractivity contribution in [2.45, 2.75) is 59.8 Å². The fourth-order valence-corrected chi connectivity index (χ4v) is 5.83. The van der Waals surface area contributed by atoms with Crippen molar-refractivity contribution in [3.63, 3.8) is 0 Å². The Bertz CT molecular complexity index is 1590. The van der Waals surface area contributed by atoms with E-state index in [1.807, 2.05) is 31.2 Å². The molecule has 47 heavy (non-hydrogen) atoms. The van der Waals surface area contributed by atoms with Gasteiger partial charge in [0.15, 0.2) is 0 Å². The Hall–Kier alpha value is -4.24. The number of nitrogens with one attached hydrogen (secondary N) is 1. The normalized spacial score (nSPS) is 11.0. The van der Waals surface area contributed by atoms with Crippen LogP contribution in [0.4, 0.5) is 0 Å². The first-order valence-corrected chi connectivity index (χ1v) is 16.1. The molecule has 0 radical (unpaired) electrons. The van der Waals surface area contributed by atoms with Gasteiger partial charge in [-0.15, -0.1) is 0 Å². The molecule has 4 rings (SSSR count). The summed E-state index contributed by atoms with van der Waals surface area (Å²) in [6.45, 7) is 8.52. The Kier molecular flexibility index (Phi) is 13.3. The molecule has 0 amide bonds. The second-order valence-corrected chi connectivity index (χ2v) is 11.6. The van der Waals surface area contributed by atoms with E-state index >= 15 is 0 Å². The predicted molar refractivity (Wildman–Crippen MR) is 186 cm³/mol. The van der Waals surface area contributed by atoms with Crippen LogP contribution >= 0.6 is 0 Å². The van der Waals surface area contributed by atoms with Crippen LogP contribution < -0.4 is 29.0 Å². The third-order valence-electron chi connectivity index (χ3n) is 8.60. The number of hydrogen-bond acceptors (Lipinski definition) is 8. The number of hydrogen-bond donors (Lipinski definition) is 3. The van der Waals surface area contributed by atoms with Gasteiger partial charge >= 0.3 is 0 Å². The Morgan fingerprint density at radius 3 is 1.62 bits per heavy atom. The summed E-state index contributed by atoms with van der Waals surface area (Å²) in [6, 6.07) is 20.4. The van der Waals surface area contributed by atoms with E-state index in [0.717, 1.165) is 92.3 Å². The molecule has 0 aliphatic carbocycles. The molecule has 0 unspecified atom stereocenters. The lowest BCUT2D eigenvalue weighted by atomic mass is 9.92. The summed E-state index contributed by atoms with van der Waals surface area (Å²) < 4.78 is 29.6. The number of aliphatic hydroxyl groups is 2. The van der Waals surface area contributed by atoms with E-state index in [9.17, 15) is 5.11 Å². The SMILES string of the molecule is COc1cc(OCc2cccc(-c3cccc(COc4cc(OC)c(CCCCO)c(OC)c4)c3C)c2C)cc(C)c1CNCCO. The Labute approximate surface area is 279 Å². The Morgan fingerprint density at radius 2 is 1.13 bits per heavy atom. The summed E-state index contributed by atoms with van der Waals surface area (Å²) in [5, 5.41) is 21.5. The van der Waals surface area contributed by atoms with Crippen molar-refractivity contribution in [3.05, 3.63) is 99.6 Å². The van der Waals surface area contributed by atoms with Gasteiger partial charge in [0.1, 0.15) is 42.0 Å². The van der Waals surface area contributed by atoms with Crippen LogP contribution in [-0.2, 0) is 26.2 Å². The van der Waals surface area contributed by atoms with Crippen LogP contribution in [0.5, 0.6) is 28.7 Å². The van der Waals surface area contributed by atoms with Gasteiger partial charge in [-0.25, -0.2) is 0 Å². The Balaban J connectivity index is 1.51. The summed E-state index contributed by atoms with van der Waals surface area (Å²) in [4.78, 5) is 0. The van der Waals surface area contributed by atoms with Crippen molar-refractivity contribution < 1.29 is 33.9 Å². The smallest absolute Gasteiger partial charge is 0.129 e. The summed E-state index contributed by atoms with van der Waals surface area (Å²) in [6.07, 6.45) is 2.32. The third kappa shape index (κ3) is 8.98. The lowest BCUT2D eigenvalue weighted by molar-refractivity contribution is 0.283. The molecular weight excluding hydrogens is 594 g/mol. The topological polar surface area (TPSA) is 98.6 Å². The molecule has 0 heterocycles. The highest BCUT2D eigenvalue weighted by Gasteiger charge is 2.16. The third-order valence-corrected chi connectivity index (χ3v) is 8.60. The summed E-state index contributed by atoms with van der Waals surface area (Å²) >= 11 is 0. The molecule has 0 atom stereocenters. The minimum Gasteiger partial charge on any atom is -0.496 e. The molecular formula is C39H49NO7. The maximum atomic E-state index is 9.19. The summed E-state index contributed by atoms with van der Waals surface area (Å²) in [7, 11) is 4.96. The number of aliphatic hydroxyl groups excluding tert-OH is 2. The van der Waals surface area contributed by atoms with Crippen molar-refractivity contribution in [2.75, 3.05) is 41.1 Å². The van der Waals surface area contributed by atoms with Gasteiger partial charge in [0.2, 0.25) is 0 Å². The van der Waals surface area contributed by atoms with Crippen molar-refractivity contribution >= 4 is 0 Å². The molecule has 0 bridgehead atoms. The Morgan fingerprint density at radius 1 is 0.617 bits per heavy atom. The van der Waals surface area contributed by atoms with Gasteiger partial charge < -0.3 is 39.2 Å². The zero-order valence-electron chi connectivity index (χ0n) is 28.6. The van der Waals surface area contributed by atoms with Crippen molar-refractivity contribution in [1.82, 2.24) is 5.32 Å². The predicted octanol–water partition coefficient (Wildman–Crippen LogP) is 6.86. The molecule has 8 nitrogen and oxygen atoms in total. The van der Waals surface area contributed by atoms with Crippen LogP contribution in [0.2, 0.25) is 0 Å². The van der Waals surface area contributed by atoms with Crippen LogP contribution in [0.15, 0.2) is 60.7 Å².